The van der Waals surface area contributed by atoms with E-state index in [1.165, 1.54) is 24.3 Å². The number of halogens is 1. The Morgan fingerprint density at radius 3 is 2.56 bits per heavy atom. The lowest BCUT2D eigenvalue weighted by Crippen LogP contribution is -2.55. The predicted molar refractivity (Wildman–Crippen MR) is 112 cm³/mol. The highest BCUT2D eigenvalue weighted by atomic mass is 35.5. The summed E-state index contributed by atoms with van der Waals surface area (Å²) in [6.07, 6.45) is -0.522. The molecule has 1 N–H and O–H groups in total. The van der Waals surface area contributed by atoms with Crippen molar-refractivity contribution in [3.63, 3.8) is 0 Å². The van der Waals surface area contributed by atoms with Crippen LogP contribution in [0.15, 0.2) is 58.0 Å². The summed E-state index contributed by atoms with van der Waals surface area (Å²) in [6.45, 7) is 0. The molecule has 1 atom stereocenters. The number of nitriles is 1. The number of piperidine rings is 1. The minimum Gasteiger partial charge on any atom is -0.439 e. The lowest BCUT2D eigenvalue weighted by atomic mass is 9.91. The average molecular weight is 450 g/mol. The van der Waals surface area contributed by atoms with Gasteiger partial charge in [0, 0.05) is 5.02 Å². The van der Waals surface area contributed by atoms with Crippen molar-refractivity contribution >= 4 is 57.6 Å². The Hall–Kier alpha value is -4.36. The number of hydrazone groups is 1. The number of nitrogens with one attached hydrogen (secondary N) is 1. The molecule has 3 amide bonds. The van der Waals surface area contributed by atoms with Gasteiger partial charge in [-0.2, -0.15) is 10.4 Å². The number of hydrogen-bond donors (Lipinski definition) is 1. The molecule has 32 heavy (non-hydrogen) atoms. The van der Waals surface area contributed by atoms with Gasteiger partial charge in [-0.05, 0) is 36.4 Å². The minimum absolute atomic E-state index is 0.0878. The molecular formula is C21H12ClN5O5. The Balaban J connectivity index is 1.81. The van der Waals surface area contributed by atoms with Crippen molar-refractivity contribution < 1.29 is 23.6 Å². The number of aromatic nitrogens is 1. The van der Waals surface area contributed by atoms with Crippen LogP contribution in [-0.4, -0.2) is 34.2 Å². The van der Waals surface area contributed by atoms with Gasteiger partial charge in [-0.15, -0.1) is 0 Å². The topological polar surface area (TPSA) is 146 Å². The van der Waals surface area contributed by atoms with Crippen molar-refractivity contribution in [1.82, 2.24) is 10.4 Å². The zero-order valence-corrected chi connectivity index (χ0v) is 16.9. The predicted octanol–water partition coefficient (Wildman–Crippen LogP) is 2.09. The first-order valence-electron chi connectivity index (χ1n) is 9.17. The maximum atomic E-state index is 13.2. The maximum Gasteiger partial charge on any atom is 0.302 e. The van der Waals surface area contributed by atoms with Crippen LogP contribution < -0.4 is 10.3 Å². The van der Waals surface area contributed by atoms with Crippen molar-refractivity contribution in [2.24, 2.45) is 5.10 Å². The maximum absolute atomic E-state index is 13.2. The number of hydrogen-bond acceptors (Lipinski definition) is 8. The smallest absolute Gasteiger partial charge is 0.302 e. The minimum atomic E-state index is -1.58. The second-order valence-corrected chi connectivity index (χ2v) is 7.04. The van der Waals surface area contributed by atoms with E-state index in [-0.39, 0.29) is 11.6 Å². The largest absolute Gasteiger partial charge is 0.439 e. The number of imide groups is 1. The molecule has 11 heteroatoms. The third-order valence-electron chi connectivity index (χ3n) is 4.55. The van der Waals surface area contributed by atoms with E-state index in [2.05, 4.69) is 15.5 Å². The molecule has 0 aliphatic carbocycles. The Labute approximate surface area is 185 Å². The number of rotatable bonds is 4. The van der Waals surface area contributed by atoms with Gasteiger partial charge in [0.2, 0.25) is 11.7 Å². The molecule has 158 valence electrons. The average Bonchev–Trinajstić information content (AvgIpc) is 3.20. The Morgan fingerprint density at radius 2 is 1.88 bits per heavy atom. The molecule has 10 nitrogen and oxygen atoms in total. The van der Waals surface area contributed by atoms with Gasteiger partial charge in [-0.1, -0.05) is 23.7 Å². The SMILES string of the molecule is N#CCC(=O)N/N=C1\C(=O)N(c2ccc(Cl)cc2)C(=O)C(=O)[C@H]1c1nc2ccccc2o1. The van der Waals surface area contributed by atoms with E-state index in [1.54, 1.807) is 30.3 Å². The highest BCUT2D eigenvalue weighted by Crippen LogP contribution is 2.30. The number of ketones is 1. The number of Topliss-reactive ketones (excluding diaryl/α,β-unsaturated/α-hetero) is 1. The van der Waals surface area contributed by atoms with Gasteiger partial charge in [0.1, 0.15) is 17.6 Å². The van der Waals surface area contributed by atoms with Gasteiger partial charge >= 0.3 is 5.91 Å². The molecule has 1 fully saturated rings. The van der Waals surface area contributed by atoms with E-state index >= 15 is 0 Å². The summed E-state index contributed by atoms with van der Waals surface area (Å²) in [5.41, 5.74) is 2.40. The molecule has 2 heterocycles. The Kier molecular flexibility index (Phi) is 5.49. The van der Waals surface area contributed by atoms with E-state index < -0.39 is 41.6 Å². The fourth-order valence-corrected chi connectivity index (χ4v) is 3.23. The molecule has 1 saturated heterocycles. The molecule has 1 aliphatic heterocycles. The van der Waals surface area contributed by atoms with Gasteiger partial charge in [-0.3, -0.25) is 19.2 Å². The number of carbonyl (C=O) groups is 4. The number of fused-ring (bicyclic) bond motifs is 1. The Bertz CT molecular complexity index is 1310. The van der Waals surface area contributed by atoms with Crippen LogP contribution in [0.2, 0.25) is 5.02 Å². The second-order valence-electron chi connectivity index (χ2n) is 6.61. The number of oxazole rings is 1. The zero-order valence-electron chi connectivity index (χ0n) is 16.1. The molecule has 0 saturated carbocycles. The number of benzene rings is 2. The van der Waals surface area contributed by atoms with Crippen molar-refractivity contribution in [3.05, 3.63) is 59.4 Å². The number of carbonyl (C=O) groups excluding carboxylic acids is 4. The van der Waals surface area contributed by atoms with Gasteiger partial charge in [0.15, 0.2) is 11.5 Å². The summed E-state index contributed by atoms with van der Waals surface area (Å²) in [7, 11) is 0. The van der Waals surface area contributed by atoms with E-state index in [9.17, 15) is 19.2 Å². The van der Waals surface area contributed by atoms with Crippen molar-refractivity contribution in [3.8, 4) is 6.07 Å². The summed E-state index contributed by atoms with van der Waals surface area (Å²) in [4.78, 5) is 55.8. The fraction of sp³-hybridized carbons (Fsp3) is 0.0952. The third-order valence-corrected chi connectivity index (χ3v) is 4.81. The van der Waals surface area contributed by atoms with E-state index in [1.807, 2.05) is 0 Å². The van der Waals surface area contributed by atoms with Crippen molar-refractivity contribution in [1.29, 1.82) is 5.26 Å². The first kappa shape index (κ1) is 20.9. The van der Waals surface area contributed by atoms with Crippen LogP contribution in [0.25, 0.3) is 11.1 Å². The summed E-state index contributed by atoms with van der Waals surface area (Å²) in [5, 5.41) is 12.8. The number of para-hydroxylation sites is 2. The molecule has 0 radical (unpaired) electrons. The molecule has 0 spiro atoms. The van der Waals surface area contributed by atoms with E-state index in [0.29, 0.717) is 21.0 Å². The van der Waals surface area contributed by atoms with Crippen LogP contribution >= 0.6 is 11.6 Å². The molecule has 4 rings (SSSR count). The standard InChI is InChI=1S/C21H12ClN5O5/c22-11-5-7-12(8-6-11)27-20(30)17(26-25-15(28)9-10-23)16(18(29)21(27)31)19-24-13-3-1-2-4-14(13)32-19/h1-8,16H,9H2,(H,25,28)/b26-17-/t16-/m0/s1. The second kappa shape index (κ2) is 8.41. The fourth-order valence-electron chi connectivity index (χ4n) is 3.10. The number of nitrogens with zero attached hydrogens (tertiary/aromatic N) is 4. The van der Waals surface area contributed by atoms with Gasteiger partial charge in [0.05, 0.1) is 11.8 Å². The summed E-state index contributed by atoms with van der Waals surface area (Å²) < 4.78 is 5.60. The van der Waals surface area contributed by atoms with Gasteiger partial charge < -0.3 is 4.42 Å². The van der Waals surface area contributed by atoms with Crippen LogP contribution in [0.3, 0.4) is 0 Å². The summed E-state index contributed by atoms with van der Waals surface area (Å²) in [5.74, 6) is -5.70. The van der Waals surface area contributed by atoms with E-state index in [0.717, 1.165) is 0 Å². The number of anilines is 1. The van der Waals surface area contributed by atoms with Crippen LogP contribution in [0.4, 0.5) is 5.69 Å². The first-order chi connectivity index (χ1) is 15.4. The van der Waals surface area contributed by atoms with Crippen LogP contribution in [0, 0.1) is 11.3 Å². The van der Waals surface area contributed by atoms with Crippen molar-refractivity contribution in [2.45, 2.75) is 12.3 Å². The first-order valence-corrected chi connectivity index (χ1v) is 9.55. The normalized spacial score (nSPS) is 17.6. The quantitative estimate of drug-likeness (QED) is 0.364. The highest BCUT2D eigenvalue weighted by Gasteiger charge is 2.49. The van der Waals surface area contributed by atoms with Crippen LogP contribution in [0.1, 0.15) is 18.2 Å². The zero-order chi connectivity index (χ0) is 22.8. The lowest BCUT2D eigenvalue weighted by molar-refractivity contribution is -0.139. The molecule has 0 unspecified atom stereocenters. The summed E-state index contributed by atoms with van der Waals surface area (Å²) in [6, 6.07) is 13.9. The summed E-state index contributed by atoms with van der Waals surface area (Å²) >= 11 is 5.86. The van der Waals surface area contributed by atoms with Crippen LogP contribution in [0.5, 0.6) is 0 Å². The molecular weight excluding hydrogens is 438 g/mol. The molecule has 2 aromatic carbocycles. The van der Waals surface area contributed by atoms with Gasteiger partial charge in [-0.25, -0.2) is 15.3 Å². The monoisotopic (exact) mass is 449 g/mol. The Morgan fingerprint density at radius 1 is 1.16 bits per heavy atom. The lowest BCUT2D eigenvalue weighted by Gasteiger charge is -2.28. The van der Waals surface area contributed by atoms with Crippen molar-refractivity contribution in [2.75, 3.05) is 4.90 Å². The van der Waals surface area contributed by atoms with Crippen LogP contribution in [-0.2, 0) is 19.2 Å². The third kappa shape index (κ3) is 3.73. The van der Waals surface area contributed by atoms with Gasteiger partial charge in [0.25, 0.3) is 11.8 Å². The highest BCUT2D eigenvalue weighted by molar-refractivity contribution is 6.67. The van der Waals surface area contributed by atoms with E-state index in [4.69, 9.17) is 21.3 Å². The molecule has 0 bridgehead atoms. The molecule has 1 aromatic heterocycles. The molecule has 1 aliphatic rings. The molecule has 3 aromatic rings. The number of amides is 3.